The minimum absolute atomic E-state index is 0.110. The van der Waals surface area contributed by atoms with Gasteiger partial charge in [0.25, 0.3) is 0 Å². The van der Waals surface area contributed by atoms with Crippen molar-refractivity contribution in [1.82, 2.24) is 0 Å². The molecule has 1 aromatic rings. The molecule has 1 aliphatic heterocycles. The first-order chi connectivity index (χ1) is 8.13. The van der Waals surface area contributed by atoms with Crippen molar-refractivity contribution in [2.75, 3.05) is 0 Å². The Hall–Kier alpha value is -1.34. The second-order valence-corrected chi connectivity index (χ2v) is 5.77. The van der Waals surface area contributed by atoms with Crippen molar-refractivity contribution in [3.63, 3.8) is 0 Å². The van der Waals surface area contributed by atoms with Crippen LogP contribution in [0.5, 0.6) is 0 Å². The van der Waals surface area contributed by atoms with Crippen LogP contribution in [-0.4, -0.2) is 19.6 Å². The van der Waals surface area contributed by atoms with Gasteiger partial charge in [0.1, 0.15) is 0 Å². The smallest absolute Gasteiger partial charge is 0.389 e. The van der Waals surface area contributed by atoms with Gasteiger partial charge in [0, 0.05) is 11.0 Å². The molecule has 0 fully saturated rings. The predicted molar refractivity (Wildman–Crippen MR) is 58.3 cm³/mol. The van der Waals surface area contributed by atoms with Crippen LogP contribution < -0.4 is 0 Å². The molecule has 98 valence electrons. The Kier molecular flexibility index (Phi) is 2.78. The molecule has 0 saturated carbocycles. The van der Waals surface area contributed by atoms with E-state index in [0.29, 0.717) is 6.07 Å². The largest absolute Gasteiger partial charge is 0.416 e. The van der Waals surface area contributed by atoms with Gasteiger partial charge in [-0.2, -0.15) is 13.2 Å². The Morgan fingerprint density at radius 3 is 2.39 bits per heavy atom. The molecule has 1 atom stereocenters. The molecule has 1 aromatic carbocycles. The Bertz CT molecular complexity index is 627. The fraction of sp³-hybridized carbons (Fsp3) is 0.273. The lowest BCUT2D eigenvalue weighted by Crippen LogP contribution is -2.07. The fourth-order valence-electron chi connectivity index (χ4n) is 1.79. The monoisotopic (exact) mass is 278 g/mol. The molecule has 18 heavy (non-hydrogen) atoms. The summed E-state index contributed by atoms with van der Waals surface area (Å²) >= 11 is 0. The van der Waals surface area contributed by atoms with Crippen LogP contribution in [0.1, 0.15) is 18.1 Å². The first-order valence-electron chi connectivity index (χ1n) is 4.99. The normalized spacial score (nSPS) is 19.3. The summed E-state index contributed by atoms with van der Waals surface area (Å²) in [6.07, 6.45) is -5.66. The summed E-state index contributed by atoms with van der Waals surface area (Å²) in [7, 11) is -3.90. The fourth-order valence-corrected chi connectivity index (χ4v) is 3.36. The van der Waals surface area contributed by atoms with E-state index < -0.39 is 32.6 Å². The standard InChI is InChI=1S/C11H9F3O3S/c1-6(15)9-5-18(16,17)10-4-7(11(12,13)14)2-3-8(9)10/h2-6,15H,1H3. The van der Waals surface area contributed by atoms with Crippen molar-refractivity contribution in [2.24, 2.45) is 0 Å². The second-order valence-electron chi connectivity index (χ2n) is 4.00. The van der Waals surface area contributed by atoms with E-state index in [2.05, 4.69) is 0 Å². The molecule has 1 unspecified atom stereocenters. The minimum atomic E-state index is -4.60. The van der Waals surface area contributed by atoms with E-state index in [1.807, 2.05) is 0 Å². The molecule has 0 spiro atoms. The van der Waals surface area contributed by atoms with Crippen LogP contribution in [0.3, 0.4) is 0 Å². The summed E-state index contributed by atoms with van der Waals surface area (Å²) in [6.45, 7) is 1.36. The number of hydrogen-bond acceptors (Lipinski definition) is 3. The van der Waals surface area contributed by atoms with Gasteiger partial charge >= 0.3 is 6.18 Å². The van der Waals surface area contributed by atoms with Crippen LogP contribution in [0.2, 0.25) is 0 Å². The third-order valence-electron chi connectivity index (χ3n) is 2.66. The number of hydrogen-bond donors (Lipinski definition) is 1. The summed E-state index contributed by atoms with van der Waals surface area (Å²) < 4.78 is 60.9. The van der Waals surface area contributed by atoms with Gasteiger partial charge in [-0.1, -0.05) is 6.07 Å². The lowest BCUT2D eigenvalue weighted by molar-refractivity contribution is -0.137. The second kappa shape index (κ2) is 3.83. The SMILES string of the molecule is CC(O)C1=CS(=O)(=O)c2cc(C(F)(F)F)ccc21. The highest BCUT2D eigenvalue weighted by Gasteiger charge is 2.35. The maximum atomic E-state index is 12.5. The third-order valence-corrected chi connectivity index (χ3v) is 4.17. The molecule has 1 heterocycles. The molecule has 0 aromatic heterocycles. The number of fused-ring (bicyclic) bond motifs is 1. The molecule has 2 rings (SSSR count). The molecule has 0 amide bonds. The van der Waals surface area contributed by atoms with Gasteiger partial charge in [0.15, 0.2) is 0 Å². The van der Waals surface area contributed by atoms with Gasteiger partial charge in [-0.3, -0.25) is 0 Å². The van der Waals surface area contributed by atoms with E-state index in [1.54, 1.807) is 0 Å². The quantitative estimate of drug-likeness (QED) is 0.857. The van der Waals surface area contributed by atoms with Gasteiger partial charge in [-0.05, 0) is 24.6 Å². The first-order valence-corrected chi connectivity index (χ1v) is 6.54. The number of benzene rings is 1. The van der Waals surface area contributed by atoms with E-state index in [-0.39, 0.29) is 11.1 Å². The Morgan fingerprint density at radius 1 is 1.28 bits per heavy atom. The van der Waals surface area contributed by atoms with Crippen LogP contribution in [0.15, 0.2) is 28.5 Å². The average molecular weight is 278 g/mol. The summed E-state index contributed by atoms with van der Waals surface area (Å²) in [6, 6.07) is 2.47. The van der Waals surface area contributed by atoms with Gasteiger partial charge in [0.2, 0.25) is 9.84 Å². The highest BCUT2D eigenvalue weighted by atomic mass is 32.2. The van der Waals surface area contributed by atoms with E-state index >= 15 is 0 Å². The molecule has 3 nitrogen and oxygen atoms in total. The summed E-state index contributed by atoms with van der Waals surface area (Å²) in [5.41, 5.74) is -0.790. The van der Waals surface area contributed by atoms with Crippen molar-refractivity contribution < 1.29 is 26.7 Å². The lowest BCUT2D eigenvalue weighted by Gasteiger charge is -2.10. The van der Waals surface area contributed by atoms with E-state index in [4.69, 9.17) is 0 Å². The topological polar surface area (TPSA) is 54.4 Å². The lowest BCUT2D eigenvalue weighted by atomic mass is 10.0. The number of aliphatic hydroxyl groups is 1. The van der Waals surface area contributed by atoms with Crippen molar-refractivity contribution in [2.45, 2.75) is 24.1 Å². The van der Waals surface area contributed by atoms with Crippen molar-refractivity contribution in [3.8, 4) is 0 Å². The zero-order valence-electron chi connectivity index (χ0n) is 9.19. The molecule has 0 saturated heterocycles. The number of sulfone groups is 1. The number of halogens is 3. The first kappa shape index (κ1) is 13.1. The number of alkyl halides is 3. The van der Waals surface area contributed by atoms with Gasteiger partial charge in [-0.15, -0.1) is 0 Å². The average Bonchev–Trinajstić information content (AvgIpc) is 2.50. The van der Waals surface area contributed by atoms with Crippen LogP contribution >= 0.6 is 0 Å². The van der Waals surface area contributed by atoms with Gasteiger partial charge < -0.3 is 5.11 Å². The molecular weight excluding hydrogens is 269 g/mol. The highest BCUT2D eigenvalue weighted by molar-refractivity contribution is 7.95. The van der Waals surface area contributed by atoms with Crippen LogP contribution in [-0.2, 0) is 16.0 Å². The minimum Gasteiger partial charge on any atom is -0.389 e. The summed E-state index contributed by atoms with van der Waals surface area (Å²) in [5.74, 6) is 0. The van der Waals surface area contributed by atoms with Crippen molar-refractivity contribution in [3.05, 3.63) is 34.7 Å². The van der Waals surface area contributed by atoms with Crippen LogP contribution in [0.25, 0.3) is 5.57 Å². The summed E-state index contributed by atoms with van der Waals surface area (Å²) in [4.78, 5) is -0.409. The molecule has 1 aliphatic rings. The molecular formula is C11H9F3O3S. The predicted octanol–water partition coefficient (Wildman–Crippen LogP) is 2.21. The zero-order chi connectivity index (χ0) is 13.7. The number of rotatable bonds is 1. The van der Waals surface area contributed by atoms with Gasteiger partial charge in [-0.25, -0.2) is 8.42 Å². The highest BCUT2D eigenvalue weighted by Crippen LogP contribution is 2.39. The Morgan fingerprint density at radius 2 is 1.89 bits per heavy atom. The van der Waals surface area contributed by atoms with Gasteiger partial charge in [0.05, 0.1) is 16.6 Å². The third kappa shape index (κ3) is 2.04. The maximum absolute atomic E-state index is 12.5. The van der Waals surface area contributed by atoms with Crippen LogP contribution in [0, 0.1) is 0 Å². The van der Waals surface area contributed by atoms with Crippen LogP contribution in [0.4, 0.5) is 13.2 Å². The zero-order valence-corrected chi connectivity index (χ0v) is 10.0. The van der Waals surface area contributed by atoms with E-state index in [0.717, 1.165) is 17.5 Å². The summed E-state index contributed by atoms with van der Waals surface area (Å²) in [5, 5.41) is 10.2. The maximum Gasteiger partial charge on any atom is 0.416 e. The van der Waals surface area contributed by atoms with Crippen molar-refractivity contribution in [1.29, 1.82) is 0 Å². The molecule has 1 N–H and O–H groups in total. The van der Waals surface area contributed by atoms with Crippen molar-refractivity contribution >= 4 is 15.4 Å². The van der Waals surface area contributed by atoms with E-state index in [1.165, 1.54) is 6.92 Å². The molecule has 7 heteroatoms. The van der Waals surface area contributed by atoms with E-state index in [9.17, 15) is 26.7 Å². The molecule has 0 radical (unpaired) electrons. The molecule has 0 bridgehead atoms. The molecule has 0 aliphatic carbocycles. The Balaban J connectivity index is 2.66. The number of aliphatic hydroxyl groups excluding tert-OH is 1. The Labute approximate surface area is 101 Å².